The van der Waals surface area contributed by atoms with E-state index in [1.807, 2.05) is 6.07 Å². The number of likely N-dealkylation sites (tertiary alicyclic amines) is 1. The molecule has 2 N–H and O–H groups in total. The molecule has 0 spiro atoms. The van der Waals surface area contributed by atoms with Crippen molar-refractivity contribution in [2.24, 2.45) is 5.73 Å². The average molecular weight is 252 g/mol. The van der Waals surface area contributed by atoms with Gasteiger partial charge in [-0.15, -0.1) is 0 Å². The van der Waals surface area contributed by atoms with Crippen molar-refractivity contribution < 1.29 is 0 Å². The lowest BCUT2D eigenvalue weighted by atomic mass is 9.97. The first-order valence-electron chi connectivity index (χ1n) is 6.87. The van der Waals surface area contributed by atoms with Gasteiger partial charge in [0.15, 0.2) is 0 Å². The highest BCUT2D eigenvalue weighted by Gasteiger charge is 2.29. The van der Waals surface area contributed by atoms with E-state index in [1.165, 1.54) is 16.7 Å². The van der Waals surface area contributed by atoms with E-state index in [4.69, 9.17) is 5.73 Å². The number of likely N-dealkylation sites (N-methyl/N-ethyl adjacent to an activating group) is 1. The molecule has 1 heterocycles. The first-order valence-corrected chi connectivity index (χ1v) is 6.87. The lowest BCUT2D eigenvalue weighted by Crippen LogP contribution is -2.29. The third kappa shape index (κ3) is 2.42. The summed E-state index contributed by atoms with van der Waals surface area (Å²) in [5.74, 6) is 0. The second-order valence-electron chi connectivity index (χ2n) is 5.37. The van der Waals surface area contributed by atoms with Crippen molar-refractivity contribution in [2.75, 3.05) is 13.6 Å². The van der Waals surface area contributed by atoms with Crippen LogP contribution in [0.2, 0.25) is 0 Å². The summed E-state index contributed by atoms with van der Waals surface area (Å²) >= 11 is 0. The Hall–Kier alpha value is -1.64. The standard InChI is InChI=1S/C17H20N2/c1-19-12-11-16(18)17(19)15-9-7-14(8-10-15)13-5-3-2-4-6-13/h2-10,16-17H,11-12,18H2,1H3. The highest BCUT2D eigenvalue weighted by atomic mass is 15.2. The predicted molar refractivity (Wildman–Crippen MR) is 79.8 cm³/mol. The van der Waals surface area contributed by atoms with Gasteiger partial charge in [-0.2, -0.15) is 0 Å². The van der Waals surface area contributed by atoms with Crippen molar-refractivity contribution in [1.82, 2.24) is 4.90 Å². The molecule has 0 radical (unpaired) electrons. The monoisotopic (exact) mass is 252 g/mol. The molecule has 2 aromatic rings. The SMILES string of the molecule is CN1CCC(N)C1c1ccc(-c2ccccc2)cc1. The van der Waals surface area contributed by atoms with Gasteiger partial charge in [0.1, 0.15) is 0 Å². The number of benzene rings is 2. The number of hydrogen-bond acceptors (Lipinski definition) is 2. The minimum atomic E-state index is 0.257. The molecule has 1 fully saturated rings. The lowest BCUT2D eigenvalue weighted by molar-refractivity contribution is 0.304. The first-order chi connectivity index (χ1) is 9.25. The summed E-state index contributed by atoms with van der Waals surface area (Å²) in [5.41, 5.74) is 10.1. The molecule has 2 atom stereocenters. The van der Waals surface area contributed by atoms with Crippen molar-refractivity contribution in [3.05, 3.63) is 60.2 Å². The summed E-state index contributed by atoms with van der Waals surface area (Å²) in [6, 6.07) is 19.9. The minimum absolute atomic E-state index is 0.257. The van der Waals surface area contributed by atoms with E-state index in [2.05, 4.69) is 60.5 Å². The molecule has 3 rings (SSSR count). The summed E-state index contributed by atoms with van der Waals surface area (Å²) in [4.78, 5) is 2.35. The van der Waals surface area contributed by atoms with Crippen LogP contribution in [0.25, 0.3) is 11.1 Å². The molecule has 2 heteroatoms. The molecule has 2 aromatic carbocycles. The van der Waals surface area contributed by atoms with Crippen molar-refractivity contribution in [3.63, 3.8) is 0 Å². The number of nitrogens with two attached hydrogens (primary N) is 1. The molecule has 98 valence electrons. The van der Waals surface area contributed by atoms with Crippen LogP contribution in [0.1, 0.15) is 18.0 Å². The van der Waals surface area contributed by atoms with Crippen LogP contribution in [0.3, 0.4) is 0 Å². The Balaban J connectivity index is 1.87. The van der Waals surface area contributed by atoms with Gasteiger partial charge in [-0.25, -0.2) is 0 Å². The van der Waals surface area contributed by atoms with Crippen LogP contribution < -0.4 is 5.73 Å². The first kappa shape index (κ1) is 12.4. The summed E-state index contributed by atoms with van der Waals surface area (Å²) in [7, 11) is 2.16. The predicted octanol–water partition coefficient (Wildman–Crippen LogP) is 3.06. The van der Waals surface area contributed by atoms with Crippen molar-refractivity contribution >= 4 is 0 Å². The molecular weight excluding hydrogens is 232 g/mol. The van der Waals surface area contributed by atoms with Gasteiger partial charge in [0.25, 0.3) is 0 Å². The maximum absolute atomic E-state index is 6.21. The van der Waals surface area contributed by atoms with E-state index in [9.17, 15) is 0 Å². The van der Waals surface area contributed by atoms with Crippen molar-refractivity contribution in [3.8, 4) is 11.1 Å². The second kappa shape index (κ2) is 5.16. The lowest BCUT2D eigenvalue weighted by Gasteiger charge is -2.23. The van der Waals surface area contributed by atoms with Gasteiger partial charge in [-0.3, -0.25) is 4.90 Å². The van der Waals surface area contributed by atoms with Crippen LogP contribution in [0.4, 0.5) is 0 Å². The normalized spacial score (nSPS) is 23.7. The van der Waals surface area contributed by atoms with Crippen molar-refractivity contribution in [2.45, 2.75) is 18.5 Å². The van der Waals surface area contributed by atoms with Gasteiger partial charge >= 0.3 is 0 Å². The van der Waals surface area contributed by atoms with Gasteiger partial charge in [0.2, 0.25) is 0 Å². The van der Waals surface area contributed by atoms with Gasteiger partial charge < -0.3 is 5.73 Å². The molecule has 1 saturated heterocycles. The van der Waals surface area contributed by atoms with Crippen LogP contribution >= 0.6 is 0 Å². The molecule has 2 nitrogen and oxygen atoms in total. The Morgan fingerprint density at radius 3 is 2.16 bits per heavy atom. The summed E-state index contributed by atoms with van der Waals surface area (Å²) in [6.07, 6.45) is 1.08. The molecular formula is C17H20N2. The second-order valence-corrected chi connectivity index (χ2v) is 5.37. The topological polar surface area (TPSA) is 29.3 Å². The zero-order chi connectivity index (χ0) is 13.2. The Morgan fingerprint density at radius 1 is 0.947 bits per heavy atom. The van der Waals surface area contributed by atoms with Gasteiger partial charge in [-0.1, -0.05) is 54.6 Å². The van der Waals surface area contributed by atoms with Crippen LogP contribution in [-0.2, 0) is 0 Å². The Bertz CT molecular complexity index is 523. The van der Waals surface area contributed by atoms with E-state index >= 15 is 0 Å². The largest absolute Gasteiger partial charge is 0.326 e. The molecule has 0 bridgehead atoms. The zero-order valence-corrected chi connectivity index (χ0v) is 11.3. The average Bonchev–Trinajstić information content (AvgIpc) is 2.79. The molecule has 0 aliphatic carbocycles. The minimum Gasteiger partial charge on any atom is -0.326 e. The Kier molecular flexibility index (Phi) is 3.36. The van der Waals surface area contributed by atoms with Crippen molar-refractivity contribution in [1.29, 1.82) is 0 Å². The van der Waals surface area contributed by atoms with Gasteiger partial charge in [0, 0.05) is 18.6 Å². The third-order valence-electron chi connectivity index (χ3n) is 4.05. The molecule has 0 amide bonds. The quantitative estimate of drug-likeness (QED) is 0.890. The maximum Gasteiger partial charge on any atom is 0.0496 e. The van der Waals surface area contributed by atoms with Crippen LogP contribution in [-0.4, -0.2) is 24.5 Å². The number of rotatable bonds is 2. The smallest absolute Gasteiger partial charge is 0.0496 e. The van der Waals surface area contributed by atoms with E-state index in [0.717, 1.165) is 13.0 Å². The summed E-state index contributed by atoms with van der Waals surface area (Å²) < 4.78 is 0. The van der Waals surface area contributed by atoms with Crippen LogP contribution in [0.5, 0.6) is 0 Å². The number of nitrogens with zero attached hydrogens (tertiary/aromatic N) is 1. The summed E-state index contributed by atoms with van der Waals surface area (Å²) in [6.45, 7) is 1.09. The fraction of sp³-hybridized carbons (Fsp3) is 0.294. The maximum atomic E-state index is 6.21. The fourth-order valence-corrected chi connectivity index (χ4v) is 2.98. The fourth-order valence-electron chi connectivity index (χ4n) is 2.98. The third-order valence-corrected chi connectivity index (χ3v) is 4.05. The number of hydrogen-bond donors (Lipinski definition) is 1. The molecule has 1 aliphatic rings. The molecule has 0 aromatic heterocycles. The van der Waals surface area contributed by atoms with E-state index in [-0.39, 0.29) is 6.04 Å². The molecule has 0 saturated carbocycles. The highest BCUT2D eigenvalue weighted by molar-refractivity contribution is 5.63. The van der Waals surface area contributed by atoms with Crippen LogP contribution in [0.15, 0.2) is 54.6 Å². The van der Waals surface area contributed by atoms with Gasteiger partial charge in [0.05, 0.1) is 0 Å². The van der Waals surface area contributed by atoms with Crippen LogP contribution in [0, 0.1) is 0 Å². The highest BCUT2D eigenvalue weighted by Crippen LogP contribution is 2.31. The van der Waals surface area contributed by atoms with E-state index in [1.54, 1.807) is 0 Å². The Morgan fingerprint density at radius 2 is 1.58 bits per heavy atom. The zero-order valence-electron chi connectivity index (χ0n) is 11.3. The van der Waals surface area contributed by atoms with E-state index in [0.29, 0.717) is 6.04 Å². The Labute approximate surface area is 114 Å². The summed E-state index contributed by atoms with van der Waals surface area (Å²) in [5, 5.41) is 0. The van der Waals surface area contributed by atoms with Gasteiger partial charge in [-0.05, 0) is 30.2 Å². The molecule has 19 heavy (non-hydrogen) atoms. The molecule has 1 aliphatic heterocycles. The molecule has 2 unspecified atom stereocenters. The van der Waals surface area contributed by atoms with E-state index < -0.39 is 0 Å².